The van der Waals surface area contributed by atoms with Crippen LogP contribution in [0.15, 0.2) is 0 Å². The van der Waals surface area contributed by atoms with Gasteiger partial charge in [-0.15, -0.1) is 0 Å². The summed E-state index contributed by atoms with van der Waals surface area (Å²) in [6.45, 7) is 1.51. The summed E-state index contributed by atoms with van der Waals surface area (Å²) in [7, 11) is 0. The van der Waals surface area contributed by atoms with Crippen molar-refractivity contribution in [2.45, 2.75) is 18.8 Å². The number of ether oxygens (including phenoxy) is 1. The first-order chi connectivity index (χ1) is 5.66. The van der Waals surface area contributed by atoms with E-state index in [4.69, 9.17) is 4.74 Å². The summed E-state index contributed by atoms with van der Waals surface area (Å²) in [5.41, 5.74) is -0.898. The van der Waals surface area contributed by atoms with Crippen LogP contribution in [0.2, 0.25) is 0 Å². The highest BCUT2D eigenvalue weighted by Crippen LogP contribution is 2.46. The van der Waals surface area contributed by atoms with E-state index < -0.39 is 11.3 Å². The Morgan fingerprint density at radius 1 is 1.25 bits per heavy atom. The zero-order chi connectivity index (χ0) is 8.66. The minimum atomic E-state index is -2.53. The molecular formula is C8H13F2NO. The van der Waals surface area contributed by atoms with Crippen LogP contribution in [0.3, 0.4) is 0 Å². The SMILES string of the molecule is FC1(F)CCOCC12CCNC2. The van der Waals surface area contributed by atoms with Crippen LogP contribution in [0.5, 0.6) is 0 Å². The first-order valence-corrected chi connectivity index (χ1v) is 4.33. The second-order valence-electron chi connectivity index (χ2n) is 3.71. The fourth-order valence-corrected chi connectivity index (χ4v) is 2.02. The van der Waals surface area contributed by atoms with Gasteiger partial charge in [0.2, 0.25) is 0 Å². The van der Waals surface area contributed by atoms with Gasteiger partial charge in [-0.25, -0.2) is 8.78 Å². The van der Waals surface area contributed by atoms with E-state index in [9.17, 15) is 8.78 Å². The average Bonchev–Trinajstić information content (AvgIpc) is 2.46. The molecule has 2 fully saturated rings. The quantitative estimate of drug-likeness (QED) is 0.596. The lowest BCUT2D eigenvalue weighted by Gasteiger charge is -2.40. The molecule has 2 rings (SSSR count). The largest absolute Gasteiger partial charge is 0.380 e. The van der Waals surface area contributed by atoms with Crippen LogP contribution < -0.4 is 5.32 Å². The molecule has 0 radical (unpaired) electrons. The maximum absolute atomic E-state index is 13.4. The number of nitrogens with one attached hydrogen (secondary N) is 1. The Hall–Kier alpha value is -0.220. The third-order valence-corrected chi connectivity index (χ3v) is 2.96. The van der Waals surface area contributed by atoms with Crippen molar-refractivity contribution in [3.05, 3.63) is 0 Å². The second-order valence-corrected chi connectivity index (χ2v) is 3.71. The van der Waals surface area contributed by atoms with Crippen LogP contribution in [0.25, 0.3) is 0 Å². The van der Waals surface area contributed by atoms with Crippen molar-refractivity contribution < 1.29 is 13.5 Å². The molecule has 2 heterocycles. The number of halogens is 2. The van der Waals surface area contributed by atoms with Gasteiger partial charge < -0.3 is 10.1 Å². The van der Waals surface area contributed by atoms with E-state index in [1.54, 1.807) is 0 Å². The third kappa shape index (κ3) is 1.05. The topological polar surface area (TPSA) is 21.3 Å². The van der Waals surface area contributed by atoms with E-state index in [0.29, 0.717) is 19.5 Å². The van der Waals surface area contributed by atoms with Crippen molar-refractivity contribution in [2.75, 3.05) is 26.3 Å². The fourth-order valence-electron chi connectivity index (χ4n) is 2.02. The summed E-state index contributed by atoms with van der Waals surface area (Å²) < 4.78 is 32.0. The van der Waals surface area contributed by atoms with Gasteiger partial charge in [-0.1, -0.05) is 0 Å². The van der Waals surface area contributed by atoms with Gasteiger partial charge in [0.15, 0.2) is 0 Å². The van der Waals surface area contributed by atoms with Gasteiger partial charge in [-0.3, -0.25) is 0 Å². The van der Waals surface area contributed by atoms with E-state index in [-0.39, 0.29) is 19.6 Å². The smallest absolute Gasteiger partial charge is 0.259 e. The van der Waals surface area contributed by atoms with Gasteiger partial charge >= 0.3 is 0 Å². The first kappa shape index (κ1) is 8.38. The Morgan fingerprint density at radius 3 is 2.67 bits per heavy atom. The van der Waals surface area contributed by atoms with E-state index in [1.165, 1.54) is 0 Å². The monoisotopic (exact) mass is 177 g/mol. The Labute approximate surface area is 70.3 Å². The lowest BCUT2D eigenvalue weighted by Crippen LogP contribution is -2.50. The molecule has 1 N–H and O–H groups in total. The van der Waals surface area contributed by atoms with Crippen molar-refractivity contribution in [3.8, 4) is 0 Å². The second kappa shape index (κ2) is 2.64. The van der Waals surface area contributed by atoms with Crippen molar-refractivity contribution in [2.24, 2.45) is 5.41 Å². The van der Waals surface area contributed by atoms with Crippen LogP contribution in [0, 0.1) is 5.41 Å². The zero-order valence-corrected chi connectivity index (χ0v) is 6.91. The van der Waals surface area contributed by atoms with Crippen LogP contribution in [0.1, 0.15) is 12.8 Å². The number of rotatable bonds is 0. The molecule has 0 saturated carbocycles. The Balaban J connectivity index is 2.19. The van der Waals surface area contributed by atoms with Gasteiger partial charge in [-0.05, 0) is 13.0 Å². The Bertz CT molecular complexity index is 178. The summed E-state index contributed by atoms with van der Waals surface area (Å²) in [5.74, 6) is -2.53. The minimum Gasteiger partial charge on any atom is -0.380 e. The molecule has 70 valence electrons. The molecule has 0 aromatic heterocycles. The van der Waals surface area contributed by atoms with Crippen molar-refractivity contribution in [1.82, 2.24) is 5.32 Å². The molecule has 1 spiro atoms. The zero-order valence-electron chi connectivity index (χ0n) is 6.91. The van der Waals surface area contributed by atoms with Gasteiger partial charge in [0.05, 0.1) is 18.6 Å². The third-order valence-electron chi connectivity index (χ3n) is 2.96. The summed E-state index contributed by atoms with van der Waals surface area (Å²) >= 11 is 0. The predicted octanol–water partition coefficient (Wildman–Crippen LogP) is 1.02. The van der Waals surface area contributed by atoms with Gasteiger partial charge in [0.1, 0.15) is 0 Å². The fraction of sp³-hybridized carbons (Fsp3) is 1.00. The van der Waals surface area contributed by atoms with E-state index >= 15 is 0 Å². The molecule has 0 amide bonds. The number of hydrogen-bond acceptors (Lipinski definition) is 2. The molecule has 2 nitrogen and oxygen atoms in total. The molecular weight excluding hydrogens is 164 g/mol. The average molecular weight is 177 g/mol. The molecule has 1 unspecified atom stereocenters. The van der Waals surface area contributed by atoms with E-state index in [2.05, 4.69) is 5.32 Å². The van der Waals surface area contributed by atoms with Gasteiger partial charge in [0.25, 0.3) is 5.92 Å². The van der Waals surface area contributed by atoms with Gasteiger partial charge in [0, 0.05) is 13.0 Å². The molecule has 0 aromatic carbocycles. The molecule has 1 atom stereocenters. The van der Waals surface area contributed by atoms with Crippen molar-refractivity contribution >= 4 is 0 Å². The van der Waals surface area contributed by atoms with Crippen LogP contribution in [0.4, 0.5) is 8.78 Å². The highest BCUT2D eigenvalue weighted by molar-refractivity contribution is 5.00. The molecule has 0 aromatic rings. The molecule has 4 heteroatoms. The minimum absolute atomic E-state index is 0.116. The Kier molecular flexibility index (Phi) is 1.84. The van der Waals surface area contributed by atoms with Crippen molar-refractivity contribution in [3.63, 3.8) is 0 Å². The number of alkyl halides is 2. The molecule has 0 bridgehead atoms. The highest BCUT2D eigenvalue weighted by atomic mass is 19.3. The normalized spacial score (nSPS) is 40.5. The molecule has 12 heavy (non-hydrogen) atoms. The van der Waals surface area contributed by atoms with Crippen LogP contribution in [-0.4, -0.2) is 32.2 Å². The maximum atomic E-state index is 13.4. The standard InChI is InChI=1S/C8H13F2NO/c9-8(10)2-4-12-6-7(8)1-3-11-5-7/h11H,1-6H2. The Morgan fingerprint density at radius 2 is 2.08 bits per heavy atom. The van der Waals surface area contributed by atoms with Gasteiger partial charge in [-0.2, -0.15) is 0 Å². The molecule has 2 aliphatic heterocycles. The summed E-state index contributed by atoms with van der Waals surface area (Å²) in [5, 5.41) is 2.98. The van der Waals surface area contributed by atoms with Crippen LogP contribution >= 0.6 is 0 Å². The first-order valence-electron chi connectivity index (χ1n) is 4.33. The molecule has 2 aliphatic rings. The molecule has 0 aliphatic carbocycles. The van der Waals surface area contributed by atoms with E-state index in [0.717, 1.165) is 0 Å². The highest BCUT2D eigenvalue weighted by Gasteiger charge is 2.56. The predicted molar refractivity (Wildman–Crippen MR) is 40.3 cm³/mol. The summed E-state index contributed by atoms with van der Waals surface area (Å²) in [6.07, 6.45) is 0.425. The summed E-state index contributed by atoms with van der Waals surface area (Å²) in [4.78, 5) is 0. The summed E-state index contributed by atoms with van der Waals surface area (Å²) in [6, 6.07) is 0. The van der Waals surface area contributed by atoms with E-state index in [1.807, 2.05) is 0 Å². The maximum Gasteiger partial charge on any atom is 0.259 e. The molecule has 2 saturated heterocycles. The van der Waals surface area contributed by atoms with Crippen LogP contribution in [-0.2, 0) is 4.74 Å². The lowest BCUT2D eigenvalue weighted by molar-refractivity contribution is -0.190. The number of hydrogen-bond donors (Lipinski definition) is 1. The van der Waals surface area contributed by atoms with Crippen molar-refractivity contribution in [1.29, 1.82) is 0 Å². The lowest BCUT2D eigenvalue weighted by atomic mass is 9.78.